The lowest BCUT2D eigenvalue weighted by Crippen LogP contribution is -2.37. The van der Waals surface area contributed by atoms with Crippen LogP contribution in [0.15, 0.2) is 29.3 Å². The van der Waals surface area contributed by atoms with E-state index in [0.717, 1.165) is 12.4 Å². The number of fused-ring (bicyclic) bond motifs is 1. The van der Waals surface area contributed by atoms with E-state index in [1.54, 1.807) is 0 Å². The number of halogens is 1. The van der Waals surface area contributed by atoms with E-state index in [1.165, 1.54) is 43.2 Å². The number of hydrogen-bond acceptors (Lipinski definition) is 1. The van der Waals surface area contributed by atoms with Gasteiger partial charge in [-0.2, -0.15) is 0 Å². The average Bonchev–Trinajstić information content (AvgIpc) is 2.80. The van der Waals surface area contributed by atoms with E-state index in [2.05, 4.69) is 34.2 Å². The summed E-state index contributed by atoms with van der Waals surface area (Å²) in [7, 11) is 0. The summed E-state index contributed by atoms with van der Waals surface area (Å²) in [5.41, 5.74) is 2.68. The summed E-state index contributed by atoms with van der Waals surface area (Å²) in [4.78, 5) is 7.01. The smallest absolute Gasteiger partial charge is 0.133 e. The van der Waals surface area contributed by atoms with Crippen LogP contribution in [0.3, 0.4) is 0 Å². The number of rotatable bonds is 2. The zero-order chi connectivity index (χ0) is 12.4. The number of amidine groups is 1. The normalized spacial score (nSPS) is 22.5. The van der Waals surface area contributed by atoms with Crippen LogP contribution in [0.2, 0.25) is 0 Å². The Morgan fingerprint density at radius 3 is 2.72 bits per heavy atom. The van der Waals surface area contributed by atoms with E-state index in [1.807, 2.05) is 0 Å². The zero-order valence-corrected chi connectivity index (χ0v) is 11.4. The fourth-order valence-corrected chi connectivity index (χ4v) is 3.33. The summed E-state index contributed by atoms with van der Waals surface area (Å²) < 4.78 is 0. The Morgan fingerprint density at radius 1 is 1.17 bits per heavy atom. The molecule has 0 unspecified atom stereocenters. The maximum absolute atomic E-state index is 5.84. The highest BCUT2D eigenvalue weighted by atomic mass is 35.5. The second-order valence-electron chi connectivity index (χ2n) is 5.18. The van der Waals surface area contributed by atoms with E-state index in [4.69, 9.17) is 11.6 Å². The molecule has 2 nitrogen and oxygen atoms in total. The Bertz CT molecular complexity index is 450. The van der Waals surface area contributed by atoms with E-state index in [-0.39, 0.29) is 0 Å². The van der Waals surface area contributed by atoms with Crippen LogP contribution in [0, 0.1) is 0 Å². The molecule has 3 heteroatoms. The van der Waals surface area contributed by atoms with Crippen molar-refractivity contribution in [3.8, 4) is 0 Å². The minimum absolute atomic E-state index is 0.354. The highest BCUT2D eigenvalue weighted by molar-refractivity contribution is 6.18. The summed E-state index contributed by atoms with van der Waals surface area (Å²) in [5, 5.41) is 0. The Labute approximate surface area is 114 Å². The van der Waals surface area contributed by atoms with Gasteiger partial charge in [0.15, 0.2) is 0 Å². The first-order valence-corrected chi connectivity index (χ1v) is 7.39. The first-order chi connectivity index (χ1) is 8.90. The molecule has 0 N–H and O–H groups in total. The predicted octanol–water partition coefficient (Wildman–Crippen LogP) is 3.78. The molecule has 0 aromatic heterocycles. The van der Waals surface area contributed by atoms with Gasteiger partial charge in [0.2, 0.25) is 0 Å². The summed E-state index contributed by atoms with van der Waals surface area (Å²) in [6.07, 6.45) is 6.70. The standard InChI is InChI=1S/C15H19ClN2/c16-11-17-15-14-9-5-4-6-12(14)10-18(15)13-7-2-1-3-8-13/h4-6,9,13H,1-3,7-8,10-11H2/b17-15+. The fraction of sp³-hybridized carbons (Fsp3) is 0.533. The quantitative estimate of drug-likeness (QED) is 0.585. The highest BCUT2D eigenvalue weighted by Gasteiger charge is 2.31. The molecule has 0 spiro atoms. The van der Waals surface area contributed by atoms with Crippen molar-refractivity contribution in [3.63, 3.8) is 0 Å². The van der Waals surface area contributed by atoms with Crippen LogP contribution in [-0.4, -0.2) is 22.8 Å². The molecular formula is C15H19ClN2. The number of hydrogen-bond donors (Lipinski definition) is 0. The minimum atomic E-state index is 0.354. The summed E-state index contributed by atoms with van der Waals surface area (Å²) >= 11 is 5.84. The molecule has 2 aliphatic rings. The number of alkyl halides is 1. The topological polar surface area (TPSA) is 15.6 Å². The molecule has 1 fully saturated rings. The third-order valence-corrected chi connectivity index (χ3v) is 4.22. The SMILES string of the molecule is ClC/N=C1\c2ccccc2CN1C1CCCCC1. The molecule has 3 rings (SSSR count). The largest absolute Gasteiger partial charge is 0.349 e. The van der Waals surface area contributed by atoms with E-state index in [9.17, 15) is 0 Å². The lowest BCUT2D eigenvalue weighted by Gasteiger charge is -2.32. The summed E-state index contributed by atoms with van der Waals surface area (Å²) in [6.45, 7) is 1.01. The lowest BCUT2D eigenvalue weighted by atomic mass is 9.94. The van der Waals surface area contributed by atoms with Crippen molar-refractivity contribution in [1.82, 2.24) is 4.90 Å². The van der Waals surface area contributed by atoms with E-state index < -0.39 is 0 Å². The summed E-state index contributed by atoms with van der Waals surface area (Å²) in [5.74, 6) is 1.12. The monoisotopic (exact) mass is 262 g/mol. The van der Waals surface area contributed by atoms with E-state index in [0.29, 0.717) is 12.0 Å². The van der Waals surface area contributed by atoms with Crippen LogP contribution in [0.4, 0.5) is 0 Å². The highest BCUT2D eigenvalue weighted by Crippen LogP contribution is 2.31. The van der Waals surface area contributed by atoms with Crippen LogP contribution < -0.4 is 0 Å². The number of benzene rings is 1. The Balaban J connectivity index is 1.90. The molecule has 1 aliphatic heterocycles. The second kappa shape index (κ2) is 5.31. The molecule has 1 aromatic carbocycles. The van der Waals surface area contributed by atoms with Crippen LogP contribution in [-0.2, 0) is 6.54 Å². The van der Waals surface area contributed by atoms with E-state index >= 15 is 0 Å². The van der Waals surface area contributed by atoms with Crippen molar-refractivity contribution in [3.05, 3.63) is 35.4 Å². The molecule has 18 heavy (non-hydrogen) atoms. The fourth-order valence-electron chi connectivity index (χ4n) is 3.22. The molecular weight excluding hydrogens is 244 g/mol. The van der Waals surface area contributed by atoms with Gasteiger partial charge in [0.25, 0.3) is 0 Å². The first kappa shape index (κ1) is 12.0. The van der Waals surface area contributed by atoms with Gasteiger partial charge in [0.05, 0.1) is 0 Å². The van der Waals surface area contributed by atoms with Crippen molar-refractivity contribution in [2.45, 2.75) is 44.7 Å². The van der Waals surface area contributed by atoms with Gasteiger partial charge >= 0.3 is 0 Å². The maximum Gasteiger partial charge on any atom is 0.133 e. The third kappa shape index (κ3) is 2.14. The van der Waals surface area contributed by atoms with Crippen molar-refractivity contribution < 1.29 is 0 Å². The van der Waals surface area contributed by atoms with Gasteiger partial charge in [-0.1, -0.05) is 43.5 Å². The molecule has 0 radical (unpaired) electrons. The molecule has 1 saturated carbocycles. The van der Waals surface area contributed by atoms with Gasteiger partial charge < -0.3 is 4.90 Å². The van der Waals surface area contributed by atoms with Crippen molar-refractivity contribution in [1.29, 1.82) is 0 Å². The molecule has 1 aromatic rings. The molecule has 0 amide bonds. The van der Waals surface area contributed by atoms with Crippen molar-refractivity contribution >= 4 is 17.4 Å². The van der Waals surface area contributed by atoms with Gasteiger partial charge in [0.1, 0.15) is 11.8 Å². The minimum Gasteiger partial charge on any atom is -0.349 e. The van der Waals surface area contributed by atoms with Gasteiger partial charge in [-0.3, -0.25) is 4.99 Å². The summed E-state index contributed by atoms with van der Waals surface area (Å²) in [6, 6.07) is 9.60. The number of aliphatic imine (C=N–C) groups is 1. The Morgan fingerprint density at radius 2 is 1.94 bits per heavy atom. The Kier molecular flexibility index (Phi) is 3.55. The van der Waals surface area contributed by atoms with Crippen molar-refractivity contribution in [2.24, 2.45) is 4.99 Å². The van der Waals surface area contributed by atoms with Crippen LogP contribution in [0.25, 0.3) is 0 Å². The second-order valence-corrected chi connectivity index (χ2v) is 5.42. The lowest BCUT2D eigenvalue weighted by molar-refractivity contribution is 0.245. The molecule has 96 valence electrons. The van der Waals surface area contributed by atoms with Gasteiger partial charge in [0, 0.05) is 18.2 Å². The maximum atomic E-state index is 5.84. The number of nitrogens with zero attached hydrogens (tertiary/aromatic N) is 2. The molecule has 0 bridgehead atoms. The average molecular weight is 263 g/mol. The first-order valence-electron chi connectivity index (χ1n) is 6.85. The van der Waals surface area contributed by atoms with Gasteiger partial charge in [-0.15, -0.1) is 11.6 Å². The predicted molar refractivity (Wildman–Crippen MR) is 76.1 cm³/mol. The Hall–Kier alpha value is -1.02. The van der Waals surface area contributed by atoms with Crippen LogP contribution in [0.1, 0.15) is 43.2 Å². The third-order valence-electron chi connectivity index (χ3n) is 4.10. The zero-order valence-electron chi connectivity index (χ0n) is 10.6. The van der Waals surface area contributed by atoms with Crippen molar-refractivity contribution in [2.75, 3.05) is 6.00 Å². The van der Waals surface area contributed by atoms with Crippen LogP contribution in [0.5, 0.6) is 0 Å². The molecule has 1 heterocycles. The van der Waals surface area contributed by atoms with Gasteiger partial charge in [-0.25, -0.2) is 0 Å². The molecule has 0 saturated heterocycles. The molecule has 0 atom stereocenters. The van der Waals surface area contributed by atoms with Crippen LogP contribution >= 0.6 is 11.6 Å². The molecule has 1 aliphatic carbocycles. The van der Waals surface area contributed by atoms with Gasteiger partial charge in [-0.05, 0) is 18.4 Å².